The molecule has 0 spiro atoms. The Kier molecular flexibility index (Phi) is 5.64. The van der Waals surface area contributed by atoms with Gasteiger partial charge in [-0.05, 0) is 23.3 Å². The Labute approximate surface area is 146 Å². The second-order valence-corrected chi connectivity index (χ2v) is 6.87. The van der Waals surface area contributed by atoms with Crippen LogP contribution in [0.5, 0.6) is 5.75 Å². The molecule has 2 aromatic carbocycles. The number of esters is 1. The van der Waals surface area contributed by atoms with Crippen molar-refractivity contribution in [3.8, 4) is 5.75 Å². The van der Waals surface area contributed by atoms with Crippen molar-refractivity contribution in [3.63, 3.8) is 0 Å². The van der Waals surface area contributed by atoms with Crippen molar-refractivity contribution in [1.82, 2.24) is 0 Å². The van der Waals surface area contributed by atoms with Gasteiger partial charge in [0.2, 0.25) is 0 Å². The Morgan fingerprint density at radius 2 is 1.64 bits per heavy atom. The summed E-state index contributed by atoms with van der Waals surface area (Å²) < 4.78 is 9.17. The third-order valence-corrected chi connectivity index (χ3v) is 6.50. The van der Waals surface area contributed by atoms with E-state index in [4.69, 9.17) is 9.47 Å². The minimum atomic E-state index is -1.02. The summed E-state index contributed by atoms with van der Waals surface area (Å²) in [5.41, 5.74) is 1.76. The lowest BCUT2D eigenvalue weighted by Gasteiger charge is -2.30. The molecule has 0 saturated heterocycles. The van der Waals surface area contributed by atoms with Crippen LogP contribution in [0.15, 0.2) is 54.6 Å². The summed E-state index contributed by atoms with van der Waals surface area (Å²) >= 11 is 7.25. The van der Waals surface area contributed by atoms with Crippen LogP contribution in [0.1, 0.15) is 16.0 Å². The molecule has 2 aromatic rings. The van der Waals surface area contributed by atoms with Crippen LogP contribution in [0.3, 0.4) is 0 Å². The van der Waals surface area contributed by atoms with Crippen molar-refractivity contribution in [3.05, 3.63) is 65.7 Å². The average molecular weight is 428 g/mol. The monoisotopic (exact) mass is 426 g/mol. The quantitative estimate of drug-likeness (QED) is 0.516. The van der Waals surface area contributed by atoms with Gasteiger partial charge in [-0.25, -0.2) is 0 Å². The second-order valence-electron chi connectivity index (χ2n) is 4.71. The molecule has 0 saturated carbocycles. The molecule has 0 N–H and O–H groups in total. The van der Waals surface area contributed by atoms with Crippen LogP contribution >= 0.6 is 31.9 Å². The zero-order valence-electron chi connectivity index (χ0n) is 12.3. The predicted molar refractivity (Wildman–Crippen MR) is 93.7 cm³/mol. The van der Waals surface area contributed by atoms with Crippen LogP contribution in [0, 0.1) is 0 Å². The van der Waals surface area contributed by atoms with E-state index in [2.05, 4.69) is 31.9 Å². The number of hydrogen-bond donors (Lipinski definition) is 0. The van der Waals surface area contributed by atoms with Gasteiger partial charge in [0.1, 0.15) is 5.75 Å². The van der Waals surface area contributed by atoms with Crippen LogP contribution in [-0.2, 0) is 13.9 Å². The molecule has 0 aromatic heterocycles. The highest BCUT2D eigenvalue weighted by Crippen LogP contribution is 2.49. The third-order valence-electron chi connectivity index (χ3n) is 3.43. The number of ether oxygens (including phenoxy) is 2. The summed E-state index contributed by atoms with van der Waals surface area (Å²) in [5, 5.41) is 0. The Morgan fingerprint density at radius 3 is 2.14 bits per heavy atom. The molecule has 22 heavy (non-hydrogen) atoms. The number of carbonyl (C=O) groups excluding carboxylic acids is 1. The molecule has 0 radical (unpaired) electrons. The Balaban J connectivity index is 2.46. The van der Waals surface area contributed by atoms with E-state index in [9.17, 15) is 4.79 Å². The normalized spacial score (nSPS) is 14.7. The summed E-state index contributed by atoms with van der Waals surface area (Å²) in [4.78, 5) is 12.1. The SMILES string of the molecule is COC(=O)[C@](Br)(c1ccccc1)[C@@H](Br)c1ccc(OC)cc1. The van der Waals surface area contributed by atoms with Gasteiger partial charge in [0, 0.05) is 0 Å². The smallest absolute Gasteiger partial charge is 0.328 e. The standard InChI is InChI=1S/C17H16Br2O3/c1-21-14-10-8-12(9-11-14)15(18)17(19,16(20)22-2)13-6-4-3-5-7-13/h3-11,15H,1-2H3/t15-,17-/m0/s1. The van der Waals surface area contributed by atoms with E-state index in [1.165, 1.54) is 7.11 Å². The maximum absolute atomic E-state index is 12.4. The molecule has 0 bridgehead atoms. The Morgan fingerprint density at radius 1 is 1.05 bits per heavy atom. The summed E-state index contributed by atoms with van der Waals surface area (Å²) in [7, 11) is 3.00. The van der Waals surface area contributed by atoms with Gasteiger partial charge in [-0.15, -0.1) is 0 Å². The molecule has 5 heteroatoms. The van der Waals surface area contributed by atoms with Gasteiger partial charge in [-0.3, -0.25) is 4.79 Å². The van der Waals surface area contributed by atoms with E-state index in [-0.39, 0.29) is 10.8 Å². The van der Waals surface area contributed by atoms with Crippen LogP contribution in [-0.4, -0.2) is 20.2 Å². The van der Waals surface area contributed by atoms with Crippen LogP contribution < -0.4 is 4.74 Å². The molecule has 0 heterocycles. The molecule has 0 aliphatic heterocycles. The van der Waals surface area contributed by atoms with E-state index in [0.29, 0.717) is 0 Å². The topological polar surface area (TPSA) is 35.5 Å². The first-order chi connectivity index (χ1) is 10.5. The molecule has 2 atom stereocenters. The minimum absolute atomic E-state index is 0.305. The van der Waals surface area contributed by atoms with Gasteiger partial charge < -0.3 is 9.47 Å². The van der Waals surface area contributed by atoms with E-state index in [1.54, 1.807) is 7.11 Å². The van der Waals surface area contributed by atoms with Crippen LogP contribution in [0.4, 0.5) is 0 Å². The Bertz CT molecular complexity index is 628. The first kappa shape index (κ1) is 17.0. The van der Waals surface area contributed by atoms with E-state index < -0.39 is 4.32 Å². The van der Waals surface area contributed by atoms with Crippen molar-refractivity contribution in [1.29, 1.82) is 0 Å². The number of methoxy groups -OCH3 is 2. The lowest BCUT2D eigenvalue weighted by molar-refractivity contribution is -0.143. The maximum Gasteiger partial charge on any atom is 0.328 e. The van der Waals surface area contributed by atoms with Crippen molar-refractivity contribution in [2.75, 3.05) is 14.2 Å². The second kappa shape index (κ2) is 7.29. The number of alkyl halides is 2. The zero-order valence-corrected chi connectivity index (χ0v) is 15.4. The van der Waals surface area contributed by atoms with E-state index in [0.717, 1.165) is 16.9 Å². The summed E-state index contributed by atoms with van der Waals surface area (Å²) in [6.07, 6.45) is 0. The maximum atomic E-state index is 12.4. The fourth-order valence-electron chi connectivity index (χ4n) is 2.20. The van der Waals surface area contributed by atoms with Crippen molar-refractivity contribution < 1.29 is 14.3 Å². The fourth-order valence-corrected chi connectivity index (χ4v) is 3.65. The molecule has 0 aliphatic rings. The number of hydrogen-bond acceptors (Lipinski definition) is 3. The van der Waals surface area contributed by atoms with Gasteiger partial charge in [0.15, 0.2) is 4.32 Å². The first-order valence-corrected chi connectivity index (χ1v) is 8.35. The van der Waals surface area contributed by atoms with Crippen molar-refractivity contribution in [2.24, 2.45) is 0 Å². The number of rotatable bonds is 5. The lowest BCUT2D eigenvalue weighted by atomic mass is 9.91. The molecular formula is C17H16Br2O3. The van der Waals surface area contributed by atoms with E-state index >= 15 is 0 Å². The number of carbonyl (C=O) groups is 1. The molecule has 2 rings (SSSR count). The average Bonchev–Trinajstić information content (AvgIpc) is 2.60. The van der Waals surface area contributed by atoms with Gasteiger partial charge in [-0.1, -0.05) is 74.3 Å². The molecule has 0 fully saturated rings. The highest BCUT2D eigenvalue weighted by Gasteiger charge is 2.46. The van der Waals surface area contributed by atoms with Crippen LogP contribution in [0.2, 0.25) is 0 Å². The molecule has 0 amide bonds. The van der Waals surface area contributed by atoms with Crippen LogP contribution in [0.25, 0.3) is 0 Å². The van der Waals surface area contributed by atoms with Gasteiger partial charge in [-0.2, -0.15) is 0 Å². The number of benzene rings is 2. The van der Waals surface area contributed by atoms with Gasteiger partial charge in [0.25, 0.3) is 0 Å². The molecule has 116 valence electrons. The van der Waals surface area contributed by atoms with Gasteiger partial charge in [0.05, 0.1) is 19.0 Å². The molecular weight excluding hydrogens is 412 g/mol. The van der Waals surface area contributed by atoms with Gasteiger partial charge >= 0.3 is 5.97 Å². The predicted octanol–water partition coefficient (Wildman–Crippen LogP) is 4.59. The minimum Gasteiger partial charge on any atom is -0.497 e. The molecule has 3 nitrogen and oxygen atoms in total. The number of halogens is 2. The zero-order chi connectivity index (χ0) is 16.2. The lowest BCUT2D eigenvalue weighted by Crippen LogP contribution is -2.34. The molecule has 0 aliphatic carbocycles. The summed E-state index contributed by atoms with van der Waals surface area (Å²) in [5.74, 6) is 0.401. The highest BCUT2D eigenvalue weighted by atomic mass is 79.9. The molecule has 0 unspecified atom stereocenters. The van der Waals surface area contributed by atoms with Crippen molar-refractivity contribution in [2.45, 2.75) is 9.15 Å². The third kappa shape index (κ3) is 3.20. The summed E-state index contributed by atoms with van der Waals surface area (Å²) in [6, 6.07) is 17.0. The summed E-state index contributed by atoms with van der Waals surface area (Å²) in [6.45, 7) is 0. The van der Waals surface area contributed by atoms with Crippen molar-refractivity contribution >= 4 is 37.8 Å². The fraction of sp³-hybridized carbons (Fsp3) is 0.235. The highest BCUT2D eigenvalue weighted by molar-refractivity contribution is 9.12. The Hall–Kier alpha value is -1.33. The largest absolute Gasteiger partial charge is 0.497 e. The van der Waals surface area contributed by atoms with E-state index in [1.807, 2.05) is 54.6 Å². The first-order valence-electron chi connectivity index (χ1n) is 6.65.